The Balaban J connectivity index is 2.15. The molecule has 0 aliphatic carbocycles. The number of nitrogens with two attached hydrogens (primary N) is 1. The number of hydrogen-bond donors (Lipinski definition) is 1. The first kappa shape index (κ1) is 14.1. The van der Waals surface area contributed by atoms with Gasteiger partial charge in [0.25, 0.3) is 0 Å². The zero-order valence-corrected chi connectivity index (χ0v) is 12.4. The summed E-state index contributed by atoms with van der Waals surface area (Å²) in [5.74, 6) is -1.85. The normalized spacial score (nSPS) is 12.6. The Morgan fingerprint density at radius 3 is 2.62 bits per heavy atom. The van der Waals surface area contributed by atoms with Crippen LogP contribution in [0.15, 0.2) is 53.0 Å². The van der Waals surface area contributed by atoms with E-state index in [2.05, 4.69) is 20.9 Å². The summed E-state index contributed by atoms with van der Waals surface area (Å²) in [6.07, 6.45) is 0. The molecule has 0 fully saturated rings. The molecule has 1 atom stereocenters. The largest absolute Gasteiger partial charge is 0.319 e. The summed E-state index contributed by atoms with van der Waals surface area (Å²) < 4.78 is 27.9. The van der Waals surface area contributed by atoms with Crippen molar-refractivity contribution in [3.63, 3.8) is 0 Å². The Kier molecular flexibility index (Phi) is 3.69. The first-order valence-electron chi connectivity index (χ1n) is 6.32. The minimum Gasteiger partial charge on any atom is -0.319 e. The van der Waals surface area contributed by atoms with Crippen LogP contribution >= 0.6 is 15.9 Å². The van der Waals surface area contributed by atoms with Gasteiger partial charge in [-0.05, 0) is 34.1 Å². The third-order valence-corrected chi connectivity index (χ3v) is 3.95. The molecule has 2 aromatic carbocycles. The number of hydrogen-bond acceptors (Lipinski definition) is 2. The topological polar surface area (TPSA) is 38.9 Å². The number of rotatable bonds is 2. The predicted octanol–water partition coefficient (Wildman–Crippen LogP) is 4.32. The quantitative estimate of drug-likeness (QED) is 0.748. The minimum absolute atomic E-state index is 0.0819. The van der Waals surface area contributed by atoms with Crippen LogP contribution in [-0.2, 0) is 0 Å². The fourth-order valence-corrected chi connectivity index (χ4v) is 2.81. The van der Waals surface area contributed by atoms with Gasteiger partial charge in [-0.15, -0.1) is 0 Å². The van der Waals surface area contributed by atoms with E-state index in [-0.39, 0.29) is 5.56 Å². The smallest absolute Gasteiger partial charge is 0.163 e. The third-order valence-electron chi connectivity index (χ3n) is 3.32. The zero-order chi connectivity index (χ0) is 15.0. The van der Waals surface area contributed by atoms with Crippen LogP contribution < -0.4 is 5.73 Å². The third kappa shape index (κ3) is 2.54. The lowest BCUT2D eigenvalue weighted by Gasteiger charge is -2.15. The molecule has 21 heavy (non-hydrogen) atoms. The average Bonchev–Trinajstić information content (AvgIpc) is 2.48. The van der Waals surface area contributed by atoms with Crippen LogP contribution in [0.5, 0.6) is 0 Å². The van der Waals surface area contributed by atoms with E-state index < -0.39 is 17.7 Å². The van der Waals surface area contributed by atoms with E-state index in [9.17, 15) is 8.78 Å². The maximum atomic E-state index is 13.9. The summed E-state index contributed by atoms with van der Waals surface area (Å²) in [6, 6.07) is 12.5. The molecule has 0 amide bonds. The molecule has 0 radical (unpaired) electrons. The zero-order valence-electron chi connectivity index (χ0n) is 10.9. The number of pyridine rings is 1. The Morgan fingerprint density at radius 2 is 1.81 bits per heavy atom. The van der Waals surface area contributed by atoms with E-state index in [1.54, 1.807) is 0 Å². The average molecular weight is 349 g/mol. The van der Waals surface area contributed by atoms with Gasteiger partial charge in [0.2, 0.25) is 0 Å². The van der Waals surface area contributed by atoms with Crippen LogP contribution in [0, 0.1) is 11.6 Å². The van der Waals surface area contributed by atoms with Crippen LogP contribution in [0.4, 0.5) is 8.78 Å². The minimum atomic E-state index is -0.938. The van der Waals surface area contributed by atoms with Gasteiger partial charge in [-0.1, -0.05) is 30.3 Å². The molecule has 0 bridgehead atoms. The fraction of sp³-hybridized carbons (Fsp3) is 0.0625. The molecule has 0 aliphatic rings. The standard InChI is InChI=1S/C16H11BrF2N2/c17-11-8-9-4-1-2-7-13(9)21-16(11)15(20)10-5-3-6-12(18)14(10)19/h1-8,15H,20H2. The molecule has 1 heterocycles. The summed E-state index contributed by atoms with van der Waals surface area (Å²) in [6.45, 7) is 0. The van der Waals surface area contributed by atoms with Gasteiger partial charge in [0.1, 0.15) is 0 Å². The first-order chi connectivity index (χ1) is 10.1. The monoisotopic (exact) mass is 348 g/mol. The highest BCUT2D eigenvalue weighted by atomic mass is 79.9. The number of benzene rings is 2. The molecule has 2 N–H and O–H groups in total. The van der Waals surface area contributed by atoms with Gasteiger partial charge in [0.15, 0.2) is 11.6 Å². The molecule has 0 saturated carbocycles. The van der Waals surface area contributed by atoms with Crippen LogP contribution in [-0.4, -0.2) is 4.98 Å². The maximum Gasteiger partial charge on any atom is 0.163 e. The predicted molar refractivity (Wildman–Crippen MR) is 81.8 cm³/mol. The molecule has 0 spiro atoms. The second-order valence-corrected chi connectivity index (χ2v) is 5.52. The summed E-state index contributed by atoms with van der Waals surface area (Å²) >= 11 is 3.40. The highest BCUT2D eigenvalue weighted by Gasteiger charge is 2.20. The van der Waals surface area contributed by atoms with Crippen molar-refractivity contribution in [2.24, 2.45) is 5.73 Å². The summed E-state index contributed by atoms with van der Waals surface area (Å²) in [7, 11) is 0. The van der Waals surface area contributed by atoms with Crippen LogP contribution in [0.25, 0.3) is 10.9 Å². The molecule has 5 heteroatoms. The Hall–Kier alpha value is -1.85. The summed E-state index contributed by atoms with van der Waals surface area (Å²) in [5.41, 5.74) is 7.38. The molecule has 1 unspecified atom stereocenters. The highest BCUT2D eigenvalue weighted by Crippen LogP contribution is 2.30. The molecule has 3 rings (SSSR count). The van der Waals surface area contributed by atoms with Gasteiger partial charge in [-0.3, -0.25) is 0 Å². The van der Waals surface area contributed by atoms with E-state index in [0.29, 0.717) is 10.2 Å². The molecule has 1 aromatic heterocycles. The van der Waals surface area contributed by atoms with Gasteiger partial charge in [-0.25, -0.2) is 13.8 Å². The van der Waals surface area contributed by atoms with Gasteiger partial charge in [0, 0.05) is 15.4 Å². The molecular formula is C16H11BrF2N2. The van der Waals surface area contributed by atoms with Gasteiger partial charge in [0.05, 0.1) is 17.3 Å². The lowest BCUT2D eigenvalue weighted by Crippen LogP contribution is -2.16. The van der Waals surface area contributed by atoms with Crippen LogP contribution in [0.3, 0.4) is 0 Å². The van der Waals surface area contributed by atoms with Crippen molar-refractivity contribution in [2.45, 2.75) is 6.04 Å². The van der Waals surface area contributed by atoms with Crippen molar-refractivity contribution in [1.82, 2.24) is 4.98 Å². The molecule has 0 saturated heterocycles. The second kappa shape index (κ2) is 5.50. The highest BCUT2D eigenvalue weighted by molar-refractivity contribution is 9.10. The van der Waals surface area contributed by atoms with E-state index in [0.717, 1.165) is 17.0 Å². The molecule has 0 aliphatic heterocycles. The number of aromatic nitrogens is 1. The summed E-state index contributed by atoms with van der Waals surface area (Å²) in [4.78, 5) is 4.46. The van der Waals surface area contributed by atoms with Crippen molar-refractivity contribution < 1.29 is 8.78 Å². The van der Waals surface area contributed by atoms with Crippen LogP contribution in [0.1, 0.15) is 17.3 Å². The van der Waals surface area contributed by atoms with Crippen molar-refractivity contribution in [3.8, 4) is 0 Å². The maximum absolute atomic E-state index is 13.9. The Bertz CT molecular complexity index is 820. The van der Waals surface area contributed by atoms with E-state index in [4.69, 9.17) is 5.73 Å². The molecule has 3 aromatic rings. The van der Waals surface area contributed by atoms with E-state index in [1.165, 1.54) is 12.1 Å². The Morgan fingerprint density at radius 1 is 1.05 bits per heavy atom. The number of nitrogens with zero attached hydrogens (tertiary/aromatic N) is 1. The van der Waals surface area contributed by atoms with Gasteiger partial charge >= 0.3 is 0 Å². The van der Waals surface area contributed by atoms with Gasteiger partial charge < -0.3 is 5.73 Å². The van der Waals surface area contributed by atoms with E-state index >= 15 is 0 Å². The van der Waals surface area contributed by atoms with E-state index in [1.807, 2.05) is 30.3 Å². The first-order valence-corrected chi connectivity index (χ1v) is 7.12. The SMILES string of the molecule is NC(c1cccc(F)c1F)c1nc2ccccc2cc1Br. The van der Waals surface area contributed by atoms with Crippen molar-refractivity contribution in [3.05, 3.63) is 75.9 Å². The van der Waals surface area contributed by atoms with Crippen molar-refractivity contribution in [1.29, 1.82) is 0 Å². The lowest BCUT2D eigenvalue weighted by molar-refractivity contribution is 0.493. The second-order valence-electron chi connectivity index (χ2n) is 4.67. The van der Waals surface area contributed by atoms with Crippen LogP contribution in [0.2, 0.25) is 0 Å². The molecule has 106 valence electrons. The van der Waals surface area contributed by atoms with Crippen molar-refractivity contribution in [2.75, 3.05) is 0 Å². The molecule has 2 nitrogen and oxygen atoms in total. The number of halogens is 3. The Labute approximate surface area is 128 Å². The van der Waals surface area contributed by atoms with Gasteiger partial charge in [-0.2, -0.15) is 0 Å². The van der Waals surface area contributed by atoms with Crippen molar-refractivity contribution >= 4 is 26.8 Å². The lowest BCUT2D eigenvalue weighted by atomic mass is 10.0. The number of para-hydroxylation sites is 1. The number of fused-ring (bicyclic) bond motifs is 1. The summed E-state index contributed by atoms with van der Waals surface area (Å²) in [5, 5.41) is 0.944. The fourth-order valence-electron chi connectivity index (χ4n) is 2.23. The molecular weight excluding hydrogens is 338 g/mol.